The molecule has 134 valence electrons. The van der Waals surface area contributed by atoms with Crippen LogP contribution in [0.5, 0.6) is 0 Å². The van der Waals surface area contributed by atoms with Crippen LogP contribution in [-0.4, -0.2) is 38.4 Å². The Kier molecular flexibility index (Phi) is 8.11. The molecule has 0 spiro atoms. The van der Waals surface area contributed by atoms with Crippen LogP contribution in [0, 0.1) is 0 Å². The molecule has 0 atom stereocenters. The highest BCUT2D eigenvalue weighted by molar-refractivity contribution is 7.62. The molecule has 1 rings (SSSR count). The monoisotopic (exact) mass is 358 g/mol. The zero-order valence-corrected chi connectivity index (χ0v) is 15.3. The van der Waals surface area contributed by atoms with Gasteiger partial charge in [0.15, 0.2) is 0 Å². The summed E-state index contributed by atoms with van der Waals surface area (Å²) in [6.45, 7) is 7.33. The van der Waals surface area contributed by atoms with Gasteiger partial charge in [0.05, 0.1) is 42.9 Å². The molecule has 1 aromatic carbocycles. The van der Waals surface area contributed by atoms with Crippen LogP contribution in [0.15, 0.2) is 18.2 Å². The van der Waals surface area contributed by atoms with Crippen LogP contribution in [0.4, 0.5) is 0 Å². The van der Waals surface area contributed by atoms with Gasteiger partial charge in [0.1, 0.15) is 0 Å². The van der Waals surface area contributed by atoms with E-state index in [1.807, 2.05) is 0 Å². The number of benzene rings is 1. The van der Waals surface area contributed by atoms with E-state index in [1.165, 1.54) is 18.2 Å². The highest BCUT2D eigenvalue weighted by atomic mass is 31.2. The molecule has 0 heterocycles. The van der Waals surface area contributed by atoms with Crippen LogP contribution in [0.25, 0.3) is 0 Å². The molecule has 24 heavy (non-hydrogen) atoms. The molecule has 0 unspecified atom stereocenters. The Bertz CT molecular complexity index is 617. The van der Waals surface area contributed by atoms with Crippen molar-refractivity contribution in [3.8, 4) is 0 Å². The summed E-state index contributed by atoms with van der Waals surface area (Å²) < 4.78 is 33.3. The molecular weight excluding hydrogens is 335 g/mol. The Morgan fingerprint density at radius 1 is 0.833 bits per heavy atom. The minimum absolute atomic E-state index is 0.0348. The highest BCUT2D eigenvalue weighted by Crippen LogP contribution is 2.47. The zero-order chi connectivity index (χ0) is 18.2. The maximum atomic E-state index is 12.8. The second-order valence-corrected chi connectivity index (χ2v) is 6.53. The van der Waals surface area contributed by atoms with E-state index in [1.54, 1.807) is 27.7 Å². The van der Waals surface area contributed by atoms with Gasteiger partial charge in [0.25, 0.3) is 0 Å². The van der Waals surface area contributed by atoms with Gasteiger partial charge in [0, 0.05) is 0 Å². The van der Waals surface area contributed by atoms with E-state index in [2.05, 4.69) is 0 Å². The number of hydrogen-bond donors (Lipinski definition) is 0. The van der Waals surface area contributed by atoms with Crippen molar-refractivity contribution in [2.24, 2.45) is 0 Å². The van der Waals surface area contributed by atoms with Gasteiger partial charge in [-0.3, -0.25) is 4.57 Å². The molecule has 0 amide bonds. The van der Waals surface area contributed by atoms with Crippen LogP contribution in [-0.2, 0) is 23.1 Å². The number of carbonyl (C=O) groups excluding carboxylic acids is 2. The van der Waals surface area contributed by atoms with Crippen molar-refractivity contribution in [2.75, 3.05) is 26.4 Å². The lowest BCUT2D eigenvalue weighted by Crippen LogP contribution is -2.19. The van der Waals surface area contributed by atoms with Crippen molar-refractivity contribution in [1.29, 1.82) is 0 Å². The summed E-state index contributed by atoms with van der Waals surface area (Å²) in [5.74, 6) is -1.36. The van der Waals surface area contributed by atoms with Crippen molar-refractivity contribution in [1.82, 2.24) is 0 Å². The predicted molar refractivity (Wildman–Crippen MR) is 88.8 cm³/mol. The van der Waals surface area contributed by atoms with Crippen molar-refractivity contribution in [3.05, 3.63) is 29.3 Å². The summed E-state index contributed by atoms with van der Waals surface area (Å²) in [7, 11) is -3.58. The standard InChI is InChI=1S/C16H23O7P/c1-5-20-15(17)13-10-9-12(11-14(13)16(18)21-6-2)24(19,22-7-3)23-8-4/h9-11H,5-8H2,1-4H3. The van der Waals surface area contributed by atoms with Gasteiger partial charge in [0.2, 0.25) is 0 Å². The zero-order valence-electron chi connectivity index (χ0n) is 14.4. The van der Waals surface area contributed by atoms with Crippen LogP contribution in [0.2, 0.25) is 0 Å². The summed E-state index contributed by atoms with van der Waals surface area (Å²) in [5, 5.41) is 0.183. The van der Waals surface area contributed by atoms with Crippen LogP contribution >= 0.6 is 7.60 Å². The largest absolute Gasteiger partial charge is 0.462 e. The van der Waals surface area contributed by atoms with Crippen LogP contribution in [0.3, 0.4) is 0 Å². The molecule has 0 aliphatic carbocycles. The first-order valence-electron chi connectivity index (χ1n) is 7.81. The first kappa shape index (κ1) is 20.4. The average molecular weight is 358 g/mol. The number of carbonyl (C=O) groups is 2. The summed E-state index contributed by atoms with van der Waals surface area (Å²) >= 11 is 0. The van der Waals surface area contributed by atoms with E-state index in [0.717, 1.165) is 0 Å². The molecule has 1 aromatic rings. The molecule has 0 radical (unpaired) electrons. The Hall–Kier alpha value is -1.69. The quantitative estimate of drug-likeness (QED) is 0.495. The van der Waals surface area contributed by atoms with Gasteiger partial charge in [-0.1, -0.05) is 0 Å². The van der Waals surface area contributed by atoms with E-state index in [-0.39, 0.29) is 42.9 Å². The average Bonchev–Trinajstić information content (AvgIpc) is 2.55. The lowest BCUT2D eigenvalue weighted by atomic mass is 10.1. The first-order chi connectivity index (χ1) is 11.4. The fourth-order valence-corrected chi connectivity index (χ4v) is 3.59. The van der Waals surface area contributed by atoms with Gasteiger partial charge < -0.3 is 18.5 Å². The van der Waals surface area contributed by atoms with E-state index in [4.69, 9.17) is 18.5 Å². The second kappa shape index (κ2) is 9.57. The predicted octanol–water partition coefficient (Wildman–Crippen LogP) is 2.93. The van der Waals surface area contributed by atoms with Gasteiger partial charge in [-0.25, -0.2) is 9.59 Å². The van der Waals surface area contributed by atoms with Gasteiger partial charge in [-0.05, 0) is 45.9 Å². The highest BCUT2D eigenvalue weighted by Gasteiger charge is 2.30. The Morgan fingerprint density at radius 2 is 1.33 bits per heavy atom. The maximum Gasteiger partial charge on any atom is 0.361 e. The third-order valence-corrected chi connectivity index (χ3v) is 5.02. The number of rotatable bonds is 9. The Labute approximate surface area is 141 Å². The van der Waals surface area contributed by atoms with E-state index >= 15 is 0 Å². The maximum absolute atomic E-state index is 12.8. The minimum atomic E-state index is -3.58. The topological polar surface area (TPSA) is 88.1 Å². The number of esters is 2. The summed E-state index contributed by atoms with van der Waals surface area (Å²) in [4.78, 5) is 24.2. The lowest BCUT2D eigenvalue weighted by Gasteiger charge is -2.18. The summed E-state index contributed by atoms with van der Waals surface area (Å²) in [6.07, 6.45) is 0. The molecule has 0 N–H and O–H groups in total. The van der Waals surface area contributed by atoms with Gasteiger partial charge in [-0.2, -0.15) is 0 Å². The molecule has 0 aliphatic rings. The van der Waals surface area contributed by atoms with Crippen LogP contribution in [0.1, 0.15) is 48.4 Å². The first-order valence-corrected chi connectivity index (χ1v) is 9.35. The Balaban J connectivity index is 3.40. The molecule has 0 aliphatic heterocycles. The molecule has 7 nitrogen and oxygen atoms in total. The molecule has 0 saturated heterocycles. The van der Waals surface area contributed by atoms with Crippen molar-refractivity contribution < 1.29 is 32.7 Å². The van der Waals surface area contributed by atoms with E-state index in [0.29, 0.717) is 0 Å². The fourth-order valence-electron chi connectivity index (χ4n) is 1.99. The molecule has 0 bridgehead atoms. The third-order valence-electron chi connectivity index (χ3n) is 2.91. The van der Waals surface area contributed by atoms with Crippen molar-refractivity contribution >= 4 is 24.8 Å². The summed E-state index contributed by atoms with van der Waals surface area (Å²) in [6, 6.07) is 4.10. The van der Waals surface area contributed by atoms with E-state index < -0.39 is 19.5 Å². The molecular formula is C16H23O7P. The minimum Gasteiger partial charge on any atom is -0.462 e. The third kappa shape index (κ3) is 4.90. The van der Waals surface area contributed by atoms with Gasteiger partial charge >= 0.3 is 19.5 Å². The molecule has 0 aromatic heterocycles. The van der Waals surface area contributed by atoms with Crippen molar-refractivity contribution in [3.63, 3.8) is 0 Å². The fraction of sp³-hybridized carbons (Fsp3) is 0.500. The molecule has 0 saturated carbocycles. The van der Waals surface area contributed by atoms with E-state index in [9.17, 15) is 14.2 Å². The second-order valence-electron chi connectivity index (χ2n) is 4.50. The van der Waals surface area contributed by atoms with Crippen LogP contribution < -0.4 is 5.30 Å². The smallest absolute Gasteiger partial charge is 0.361 e. The van der Waals surface area contributed by atoms with Crippen molar-refractivity contribution in [2.45, 2.75) is 27.7 Å². The lowest BCUT2D eigenvalue weighted by molar-refractivity contribution is 0.0479. The molecule has 8 heteroatoms. The SMILES string of the molecule is CCOC(=O)c1ccc(P(=O)(OCC)OCC)cc1C(=O)OCC. The summed E-state index contributed by atoms with van der Waals surface area (Å²) in [5.41, 5.74) is 0.00558. The van der Waals surface area contributed by atoms with Gasteiger partial charge in [-0.15, -0.1) is 0 Å². The molecule has 0 fully saturated rings. The normalized spacial score (nSPS) is 11.2. The Morgan fingerprint density at radius 3 is 1.79 bits per heavy atom. The number of hydrogen-bond acceptors (Lipinski definition) is 7. The number of ether oxygens (including phenoxy) is 2.